The monoisotopic (exact) mass is 639 g/mol. The molecule has 2 aromatic rings. The summed E-state index contributed by atoms with van der Waals surface area (Å²) in [6.07, 6.45) is 0.355. The highest BCUT2D eigenvalue weighted by Crippen LogP contribution is 2.19. The number of amides is 3. The Bertz CT molecular complexity index is 1350. The third kappa shape index (κ3) is 10.9. The van der Waals surface area contributed by atoms with Crippen LogP contribution in [0.3, 0.4) is 0 Å². The molecule has 0 aliphatic carbocycles. The first kappa shape index (κ1) is 37.2. The maximum Gasteiger partial charge on any atom is 0.341 e. The maximum absolute atomic E-state index is 14.2. The first-order chi connectivity index (χ1) is 21.8. The van der Waals surface area contributed by atoms with Gasteiger partial charge in [0.2, 0.25) is 17.4 Å². The molecule has 14 nitrogen and oxygen atoms in total. The lowest BCUT2D eigenvalue weighted by molar-refractivity contribution is -0.158. The number of hydrogen-bond acceptors (Lipinski definition) is 9. The Hall–Kier alpha value is -4.98. The third-order valence-corrected chi connectivity index (χ3v) is 7.20. The lowest BCUT2D eigenvalue weighted by Crippen LogP contribution is -2.69. The summed E-state index contributed by atoms with van der Waals surface area (Å²) in [4.78, 5) is 71.2. The molecule has 2 aromatic carbocycles. The molecule has 0 aliphatic rings. The van der Waals surface area contributed by atoms with E-state index in [9.17, 15) is 24.0 Å². The molecule has 3 amide bonds. The molecular formula is C32H45N7O7. The van der Waals surface area contributed by atoms with E-state index in [1.54, 1.807) is 74.5 Å². The average Bonchev–Trinajstić information content (AvgIpc) is 3.04. The number of esters is 2. The molecule has 0 unspecified atom stereocenters. The van der Waals surface area contributed by atoms with Crippen LogP contribution in [0.15, 0.2) is 65.7 Å². The molecule has 46 heavy (non-hydrogen) atoms. The molecule has 0 heterocycles. The normalized spacial score (nSPS) is 14.0. The minimum absolute atomic E-state index is 0.0432. The number of nitrogens with one attached hydrogen (secondary N) is 3. The fraction of sp³-hybridized carbons (Fsp3) is 0.438. The summed E-state index contributed by atoms with van der Waals surface area (Å²) in [7, 11) is 2.25. The number of rotatable bonds is 17. The fourth-order valence-electron chi connectivity index (χ4n) is 4.67. The third-order valence-electron chi connectivity index (χ3n) is 7.20. The van der Waals surface area contributed by atoms with Crippen molar-refractivity contribution in [3.63, 3.8) is 0 Å². The summed E-state index contributed by atoms with van der Waals surface area (Å²) in [5.41, 5.74) is 15.6. The van der Waals surface area contributed by atoms with Crippen LogP contribution >= 0.6 is 0 Å². The first-order valence-corrected chi connectivity index (χ1v) is 14.8. The zero-order valence-electron chi connectivity index (χ0n) is 26.7. The van der Waals surface area contributed by atoms with Crippen molar-refractivity contribution in [2.24, 2.45) is 28.1 Å². The highest BCUT2D eigenvalue weighted by atomic mass is 16.5. The van der Waals surface area contributed by atoms with Crippen molar-refractivity contribution in [3.05, 3.63) is 71.8 Å². The van der Waals surface area contributed by atoms with Gasteiger partial charge in [0, 0.05) is 19.4 Å². The van der Waals surface area contributed by atoms with E-state index in [0.29, 0.717) is 17.5 Å². The Morgan fingerprint density at radius 1 is 0.848 bits per heavy atom. The van der Waals surface area contributed by atoms with Crippen LogP contribution in [0.1, 0.15) is 37.8 Å². The van der Waals surface area contributed by atoms with Crippen LogP contribution < -0.4 is 33.2 Å². The standard InChI is InChI=1S/C32H45N7O7/c1-20(2)25(38-26(40)23(33)16-11-17-36-31(34)35)27(41)39-32(30(44)46-4,19-22-14-9-6-10-15-22)29(43)37-24(28(42)45-3)18-21-12-7-5-8-13-21/h5-10,12-15,20,23-25H,11,16-19,33H2,1-4H3,(H,37,43)(H,38,40)(H,39,41)(H4,34,35,36)/t23-,24-,25-,32-/m0/s1. The molecule has 0 saturated carbocycles. The van der Waals surface area contributed by atoms with Crippen molar-refractivity contribution >= 4 is 35.6 Å². The molecule has 250 valence electrons. The van der Waals surface area contributed by atoms with Gasteiger partial charge in [0.05, 0.1) is 20.3 Å². The quantitative estimate of drug-likeness (QED) is 0.0434. The lowest BCUT2D eigenvalue weighted by Gasteiger charge is -2.34. The molecule has 0 spiro atoms. The molecule has 0 aromatic heterocycles. The van der Waals surface area contributed by atoms with Crippen molar-refractivity contribution < 1.29 is 33.4 Å². The van der Waals surface area contributed by atoms with Crippen LogP contribution in [0, 0.1) is 5.92 Å². The summed E-state index contributed by atoms with van der Waals surface area (Å²) in [5, 5.41) is 7.79. The zero-order valence-corrected chi connectivity index (χ0v) is 26.7. The predicted octanol–water partition coefficient (Wildman–Crippen LogP) is -0.321. The zero-order chi connectivity index (χ0) is 34.3. The minimum atomic E-state index is -2.35. The van der Waals surface area contributed by atoms with Crippen LogP contribution in [0.2, 0.25) is 0 Å². The second kappa shape index (κ2) is 18.1. The summed E-state index contributed by atoms with van der Waals surface area (Å²) in [6, 6.07) is 14.0. The Morgan fingerprint density at radius 2 is 1.43 bits per heavy atom. The topological polar surface area (TPSA) is 230 Å². The number of methoxy groups -OCH3 is 2. The number of guanidine groups is 1. The van der Waals surface area contributed by atoms with Gasteiger partial charge >= 0.3 is 11.9 Å². The average molecular weight is 640 g/mol. The Kier molecular flexibility index (Phi) is 14.6. The Balaban J connectivity index is 2.45. The number of nitrogens with zero attached hydrogens (tertiary/aromatic N) is 1. The summed E-state index contributed by atoms with van der Waals surface area (Å²) < 4.78 is 9.99. The van der Waals surface area contributed by atoms with Gasteiger partial charge in [-0.15, -0.1) is 0 Å². The van der Waals surface area contributed by atoms with Crippen molar-refractivity contribution in [1.82, 2.24) is 16.0 Å². The predicted molar refractivity (Wildman–Crippen MR) is 172 cm³/mol. The number of benzene rings is 2. The smallest absolute Gasteiger partial charge is 0.341 e. The number of ether oxygens (including phenoxy) is 2. The number of carbonyl (C=O) groups excluding carboxylic acids is 5. The molecule has 0 saturated heterocycles. The summed E-state index contributed by atoms with van der Waals surface area (Å²) in [5.74, 6) is -4.89. The number of aliphatic imine (C=N–C) groups is 1. The van der Waals surface area contributed by atoms with Crippen molar-refractivity contribution in [3.8, 4) is 0 Å². The van der Waals surface area contributed by atoms with Gasteiger partial charge in [-0.05, 0) is 29.9 Å². The SMILES string of the molecule is COC(=O)[C@H](Cc1ccccc1)NC(=O)[C@](Cc1ccccc1)(NC(=O)[C@@H](NC(=O)[C@@H](N)CCCN=C(N)N)C(C)C)C(=O)OC. The summed E-state index contributed by atoms with van der Waals surface area (Å²) >= 11 is 0. The molecule has 14 heteroatoms. The fourth-order valence-corrected chi connectivity index (χ4v) is 4.67. The molecule has 9 N–H and O–H groups in total. The van der Waals surface area contributed by atoms with E-state index in [-0.39, 0.29) is 31.8 Å². The van der Waals surface area contributed by atoms with E-state index < -0.39 is 59.2 Å². The van der Waals surface area contributed by atoms with Crippen molar-refractivity contribution in [2.75, 3.05) is 20.8 Å². The van der Waals surface area contributed by atoms with E-state index in [1.807, 2.05) is 0 Å². The number of hydrogen-bond donors (Lipinski definition) is 6. The van der Waals surface area contributed by atoms with Gasteiger partial charge in [0.1, 0.15) is 12.1 Å². The van der Waals surface area contributed by atoms with Gasteiger partial charge < -0.3 is 42.6 Å². The van der Waals surface area contributed by atoms with Gasteiger partial charge in [0.15, 0.2) is 5.96 Å². The van der Waals surface area contributed by atoms with Gasteiger partial charge in [0.25, 0.3) is 5.91 Å². The molecule has 0 radical (unpaired) electrons. The Labute approximate surface area is 268 Å². The van der Waals surface area contributed by atoms with Crippen LogP contribution in [0.25, 0.3) is 0 Å². The minimum Gasteiger partial charge on any atom is -0.467 e. The number of carbonyl (C=O) groups is 5. The van der Waals surface area contributed by atoms with Gasteiger partial charge in [-0.2, -0.15) is 0 Å². The second-order valence-corrected chi connectivity index (χ2v) is 11.1. The highest BCUT2D eigenvalue weighted by molar-refractivity contribution is 6.11. The second-order valence-electron chi connectivity index (χ2n) is 11.1. The van der Waals surface area contributed by atoms with E-state index in [4.69, 9.17) is 26.7 Å². The molecule has 2 rings (SSSR count). The van der Waals surface area contributed by atoms with Crippen LogP contribution in [-0.2, 0) is 46.3 Å². The molecule has 0 fully saturated rings. The van der Waals surface area contributed by atoms with E-state index in [2.05, 4.69) is 20.9 Å². The highest BCUT2D eigenvalue weighted by Gasteiger charge is 2.51. The Morgan fingerprint density at radius 3 is 1.96 bits per heavy atom. The van der Waals surface area contributed by atoms with Gasteiger partial charge in [-0.3, -0.25) is 19.4 Å². The van der Waals surface area contributed by atoms with Gasteiger partial charge in [-0.1, -0.05) is 74.5 Å². The molecular weight excluding hydrogens is 594 g/mol. The van der Waals surface area contributed by atoms with Crippen LogP contribution in [-0.4, -0.2) is 80.0 Å². The van der Waals surface area contributed by atoms with Crippen LogP contribution in [0.5, 0.6) is 0 Å². The van der Waals surface area contributed by atoms with Crippen molar-refractivity contribution in [1.29, 1.82) is 0 Å². The lowest BCUT2D eigenvalue weighted by atomic mass is 9.87. The molecule has 0 aliphatic heterocycles. The van der Waals surface area contributed by atoms with E-state index in [1.165, 1.54) is 7.11 Å². The molecule has 0 bridgehead atoms. The van der Waals surface area contributed by atoms with E-state index >= 15 is 0 Å². The first-order valence-electron chi connectivity index (χ1n) is 14.8. The van der Waals surface area contributed by atoms with Gasteiger partial charge in [-0.25, -0.2) is 9.59 Å². The van der Waals surface area contributed by atoms with Crippen LogP contribution in [0.4, 0.5) is 0 Å². The number of nitrogens with two attached hydrogens (primary N) is 3. The maximum atomic E-state index is 14.2. The van der Waals surface area contributed by atoms with Crippen molar-refractivity contribution in [2.45, 2.75) is 63.2 Å². The molecule has 4 atom stereocenters. The largest absolute Gasteiger partial charge is 0.467 e. The summed E-state index contributed by atoms with van der Waals surface area (Å²) in [6.45, 7) is 3.63. The van der Waals surface area contributed by atoms with E-state index in [0.717, 1.165) is 7.11 Å².